The Hall–Kier alpha value is -1.39. The summed E-state index contributed by atoms with van der Waals surface area (Å²) < 4.78 is 5.77. The van der Waals surface area contributed by atoms with Gasteiger partial charge in [0.05, 0.1) is 6.10 Å². The van der Waals surface area contributed by atoms with E-state index < -0.39 is 5.54 Å². The summed E-state index contributed by atoms with van der Waals surface area (Å²) >= 11 is 0. The molecule has 0 bridgehead atoms. The van der Waals surface area contributed by atoms with Gasteiger partial charge in [0.1, 0.15) is 5.54 Å². The fourth-order valence-corrected chi connectivity index (χ4v) is 4.12. The maximum absolute atomic E-state index is 13.3. The van der Waals surface area contributed by atoms with Gasteiger partial charge >= 0.3 is 0 Å². The number of hydrogen-bond acceptors (Lipinski definition) is 3. The molecule has 138 valence electrons. The highest BCUT2D eigenvalue weighted by atomic mass is 16.5. The zero-order chi connectivity index (χ0) is 18.6. The minimum absolute atomic E-state index is 0.0377. The minimum atomic E-state index is -0.850. The summed E-state index contributed by atoms with van der Waals surface area (Å²) in [5, 5.41) is 0. The van der Waals surface area contributed by atoms with Gasteiger partial charge in [-0.1, -0.05) is 46.8 Å². The molecule has 2 aliphatic rings. The van der Waals surface area contributed by atoms with Gasteiger partial charge in [-0.3, -0.25) is 4.79 Å². The molecule has 1 saturated carbocycles. The number of nitrogens with zero attached hydrogens (tertiary/aromatic N) is 1. The number of anilines is 1. The van der Waals surface area contributed by atoms with Gasteiger partial charge in [-0.25, -0.2) is 0 Å². The van der Waals surface area contributed by atoms with Crippen molar-refractivity contribution in [2.24, 2.45) is 11.1 Å². The van der Waals surface area contributed by atoms with E-state index >= 15 is 0 Å². The molecule has 2 atom stereocenters. The van der Waals surface area contributed by atoms with Crippen LogP contribution in [0.2, 0.25) is 0 Å². The summed E-state index contributed by atoms with van der Waals surface area (Å²) in [6, 6.07) is 6.49. The third-order valence-corrected chi connectivity index (χ3v) is 6.30. The molecule has 25 heavy (non-hydrogen) atoms. The molecule has 4 nitrogen and oxygen atoms in total. The van der Waals surface area contributed by atoms with Gasteiger partial charge in [0.15, 0.2) is 0 Å². The SMILES string of the molecule is CCOC1CC(N)(C(=O)N2CCc3cc(C(C)(C)C)ccc32)C1(C)C. The van der Waals surface area contributed by atoms with Crippen LogP contribution >= 0.6 is 0 Å². The van der Waals surface area contributed by atoms with Gasteiger partial charge < -0.3 is 15.4 Å². The molecule has 1 heterocycles. The first-order valence-electron chi connectivity index (χ1n) is 9.38. The molecule has 1 aromatic rings. The quantitative estimate of drug-likeness (QED) is 0.914. The fraction of sp³-hybridized carbons (Fsp3) is 0.667. The van der Waals surface area contributed by atoms with E-state index in [1.54, 1.807) is 0 Å². The summed E-state index contributed by atoms with van der Waals surface area (Å²) in [4.78, 5) is 15.2. The first-order valence-corrected chi connectivity index (χ1v) is 9.38. The normalized spacial score (nSPS) is 27.8. The highest BCUT2D eigenvalue weighted by molar-refractivity contribution is 6.03. The van der Waals surface area contributed by atoms with Crippen molar-refractivity contribution in [3.05, 3.63) is 29.3 Å². The number of fused-ring (bicyclic) bond motifs is 1. The summed E-state index contributed by atoms with van der Waals surface area (Å²) in [6.07, 6.45) is 1.55. The van der Waals surface area contributed by atoms with Gasteiger partial charge in [0, 0.05) is 30.7 Å². The number of amides is 1. The van der Waals surface area contributed by atoms with Crippen molar-refractivity contribution in [3.63, 3.8) is 0 Å². The second kappa shape index (κ2) is 5.82. The topological polar surface area (TPSA) is 55.6 Å². The largest absolute Gasteiger partial charge is 0.378 e. The van der Waals surface area contributed by atoms with E-state index in [9.17, 15) is 4.79 Å². The maximum Gasteiger partial charge on any atom is 0.247 e. The molecule has 2 unspecified atom stereocenters. The average molecular weight is 344 g/mol. The molecule has 0 spiro atoms. The number of benzene rings is 1. The smallest absolute Gasteiger partial charge is 0.247 e. The molecule has 0 aromatic heterocycles. The van der Waals surface area contributed by atoms with Crippen LogP contribution < -0.4 is 10.6 Å². The molecule has 1 amide bonds. The van der Waals surface area contributed by atoms with Crippen LogP contribution in [0.5, 0.6) is 0 Å². The molecular weight excluding hydrogens is 312 g/mol. The lowest BCUT2D eigenvalue weighted by Crippen LogP contribution is -2.76. The standard InChI is InChI=1S/C21H32N2O2/c1-7-25-17-13-21(22,20(17,5)6)18(24)23-11-10-14-12-15(19(2,3)4)8-9-16(14)23/h8-9,12,17H,7,10-11,13,22H2,1-6H3. The van der Waals surface area contributed by atoms with E-state index in [1.807, 2.05) is 11.8 Å². The molecule has 1 aliphatic heterocycles. The second-order valence-corrected chi connectivity index (χ2v) is 9.14. The van der Waals surface area contributed by atoms with Crippen LogP contribution in [0.15, 0.2) is 18.2 Å². The number of carbonyl (C=O) groups is 1. The van der Waals surface area contributed by atoms with Crippen LogP contribution in [-0.4, -0.2) is 30.7 Å². The van der Waals surface area contributed by atoms with E-state index in [4.69, 9.17) is 10.5 Å². The van der Waals surface area contributed by atoms with Crippen LogP contribution in [0, 0.1) is 5.41 Å². The molecule has 1 fully saturated rings. The van der Waals surface area contributed by atoms with Gasteiger partial charge in [-0.05, 0) is 36.0 Å². The van der Waals surface area contributed by atoms with Crippen LogP contribution in [0.25, 0.3) is 0 Å². The highest BCUT2D eigenvalue weighted by Crippen LogP contribution is 2.51. The van der Waals surface area contributed by atoms with Crippen molar-refractivity contribution in [1.29, 1.82) is 0 Å². The number of nitrogens with two attached hydrogens (primary N) is 1. The molecule has 4 heteroatoms. The van der Waals surface area contributed by atoms with Crippen molar-refractivity contribution in [2.45, 2.75) is 71.4 Å². The van der Waals surface area contributed by atoms with Crippen LogP contribution in [0.3, 0.4) is 0 Å². The zero-order valence-electron chi connectivity index (χ0n) is 16.5. The van der Waals surface area contributed by atoms with E-state index in [1.165, 1.54) is 11.1 Å². The Morgan fingerprint density at radius 3 is 2.60 bits per heavy atom. The lowest BCUT2D eigenvalue weighted by atomic mass is 9.54. The third kappa shape index (κ3) is 2.70. The van der Waals surface area contributed by atoms with Crippen molar-refractivity contribution in [3.8, 4) is 0 Å². The number of carbonyl (C=O) groups excluding carboxylic acids is 1. The van der Waals surface area contributed by atoms with Gasteiger partial charge in [0.25, 0.3) is 0 Å². The summed E-state index contributed by atoms with van der Waals surface area (Å²) in [6.45, 7) is 14.1. The van der Waals surface area contributed by atoms with Crippen molar-refractivity contribution < 1.29 is 9.53 Å². The summed E-state index contributed by atoms with van der Waals surface area (Å²) in [7, 11) is 0. The Bertz CT molecular complexity index is 690. The first kappa shape index (κ1) is 18.4. The lowest BCUT2D eigenvalue weighted by molar-refractivity contribution is -0.168. The zero-order valence-corrected chi connectivity index (χ0v) is 16.5. The van der Waals surface area contributed by atoms with Crippen LogP contribution in [0.1, 0.15) is 59.1 Å². The monoisotopic (exact) mass is 344 g/mol. The molecule has 1 aromatic carbocycles. The fourth-order valence-electron chi connectivity index (χ4n) is 4.12. The predicted octanol–water partition coefficient (Wildman–Crippen LogP) is 3.41. The van der Waals surface area contributed by atoms with Crippen LogP contribution in [0.4, 0.5) is 5.69 Å². The molecule has 3 rings (SSSR count). The van der Waals surface area contributed by atoms with E-state index in [-0.39, 0.29) is 22.8 Å². The summed E-state index contributed by atoms with van der Waals surface area (Å²) in [5.74, 6) is 0.0377. The molecule has 0 radical (unpaired) electrons. The van der Waals surface area contributed by atoms with Crippen molar-refractivity contribution >= 4 is 11.6 Å². The van der Waals surface area contributed by atoms with Crippen LogP contribution in [-0.2, 0) is 21.4 Å². The average Bonchev–Trinajstić information content (AvgIpc) is 2.96. The predicted molar refractivity (Wildman–Crippen MR) is 102 cm³/mol. The Labute approximate surface area is 151 Å². The second-order valence-electron chi connectivity index (χ2n) is 9.14. The first-order chi connectivity index (χ1) is 11.5. The Kier molecular flexibility index (Phi) is 4.28. The van der Waals surface area contributed by atoms with Gasteiger partial charge in [0.2, 0.25) is 5.91 Å². The Morgan fingerprint density at radius 1 is 1.36 bits per heavy atom. The Morgan fingerprint density at radius 2 is 2.04 bits per heavy atom. The number of rotatable bonds is 3. The molecule has 1 aliphatic carbocycles. The molecular formula is C21H32N2O2. The molecule has 2 N–H and O–H groups in total. The van der Waals surface area contributed by atoms with Gasteiger partial charge in [-0.15, -0.1) is 0 Å². The maximum atomic E-state index is 13.3. The highest BCUT2D eigenvalue weighted by Gasteiger charge is 2.64. The number of hydrogen-bond donors (Lipinski definition) is 1. The van der Waals surface area contributed by atoms with Gasteiger partial charge in [-0.2, -0.15) is 0 Å². The third-order valence-electron chi connectivity index (χ3n) is 6.30. The van der Waals surface area contributed by atoms with E-state index in [2.05, 4.69) is 52.8 Å². The summed E-state index contributed by atoms with van der Waals surface area (Å²) in [5.41, 5.74) is 9.11. The minimum Gasteiger partial charge on any atom is -0.378 e. The Balaban J connectivity index is 1.85. The number of ether oxygens (including phenoxy) is 1. The van der Waals surface area contributed by atoms with Crippen molar-refractivity contribution in [1.82, 2.24) is 0 Å². The molecule has 0 saturated heterocycles. The lowest BCUT2D eigenvalue weighted by Gasteiger charge is -2.58. The van der Waals surface area contributed by atoms with E-state index in [0.717, 1.165) is 18.7 Å². The van der Waals surface area contributed by atoms with E-state index in [0.29, 0.717) is 13.0 Å². The van der Waals surface area contributed by atoms with Crippen molar-refractivity contribution in [2.75, 3.05) is 18.1 Å².